The van der Waals surface area contributed by atoms with Crippen LogP contribution in [-0.2, 0) is 16.1 Å². The van der Waals surface area contributed by atoms with E-state index in [1.807, 2.05) is 61.5 Å². The van der Waals surface area contributed by atoms with Gasteiger partial charge < -0.3 is 15.1 Å². The van der Waals surface area contributed by atoms with Crippen molar-refractivity contribution in [2.75, 3.05) is 18.5 Å². The number of carbonyl (C=O) groups is 3. The molecule has 1 atom stereocenters. The van der Waals surface area contributed by atoms with Crippen LogP contribution in [0.15, 0.2) is 60.7 Å². The summed E-state index contributed by atoms with van der Waals surface area (Å²) in [6.07, 6.45) is 1.18. The maximum atomic E-state index is 13.3. The summed E-state index contributed by atoms with van der Waals surface area (Å²) in [6.45, 7) is 2.56. The van der Waals surface area contributed by atoms with E-state index in [4.69, 9.17) is 11.6 Å². The van der Waals surface area contributed by atoms with Gasteiger partial charge in [-0.1, -0.05) is 61.0 Å². The summed E-state index contributed by atoms with van der Waals surface area (Å²) in [5.41, 5.74) is 2.37. The van der Waals surface area contributed by atoms with E-state index >= 15 is 0 Å². The molecule has 0 fully saturated rings. The Morgan fingerprint density at radius 2 is 1.79 bits per heavy atom. The minimum absolute atomic E-state index is 0.0380. The van der Waals surface area contributed by atoms with Gasteiger partial charge in [0.1, 0.15) is 6.04 Å². The molecule has 3 amide bonds. The second-order valence-electron chi connectivity index (χ2n) is 8.39. The van der Waals surface area contributed by atoms with Gasteiger partial charge >= 0.3 is 0 Å². The predicted octanol–water partition coefficient (Wildman–Crippen LogP) is 4.79. The van der Waals surface area contributed by atoms with Gasteiger partial charge in [-0.05, 0) is 42.0 Å². The van der Waals surface area contributed by atoms with Crippen LogP contribution in [0.5, 0.6) is 0 Å². The number of amides is 3. The first-order valence-corrected chi connectivity index (χ1v) is 11.9. The molecule has 1 N–H and O–H groups in total. The molecule has 3 aromatic carbocycles. The van der Waals surface area contributed by atoms with Crippen LogP contribution in [0.4, 0.5) is 5.69 Å². The first-order valence-electron chi connectivity index (χ1n) is 11.5. The summed E-state index contributed by atoms with van der Waals surface area (Å²) in [5, 5.41) is 5.21. The van der Waals surface area contributed by atoms with Crippen LogP contribution in [-0.4, -0.2) is 42.3 Å². The van der Waals surface area contributed by atoms with Crippen molar-refractivity contribution in [3.8, 4) is 0 Å². The molecule has 7 heteroatoms. The van der Waals surface area contributed by atoms with Crippen molar-refractivity contribution >= 4 is 45.8 Å². The number of likely N-dealkylation sites (N-methyl/N-ethyl adjacent to an activating group) is 1. The van der Waals surface area contributed by atoms with E-state index in [1.165, 1.54) is 0 Å². The van der Waals surface area contributed by atoms with Crippen molar-refractivity contribution < 1.29 is 14.4 Å². The smallest absolute Gasteiger partial charge is 0.258 e. The molecule has 0 saturated carbocycles. The first-order chi connectivity index (χ1) is 16.5. The largest absolute Gasteiger partial charge is 0.357 e. The van der Waals surface area contributed by atoms with E-state index in [9.17, 15) is 14.4 Å². The molecule has 0 aromatic heterocycles. The van der Waals surface area contributed by atoms with Crippen molar-refractivity contribution in [3.05, 3.63) is 76.8 Å². The van der Waals surface area contributed by atoms with Crippen molar-refractivity contribution in [1.82, 2.24) is 10.2 Å². The average Bonchev–Trinajstić information content (AvgIpc) is 3.12. The minimum Gasteiger partial charge on any atom is -0.357 e. The molecule has 1 aliphatic heterocycles. The summed E-state index contributed by atoms with van der Waals surface area (Å²) < 4.78 is 0. The Kier molecular flexibility index (Phi) is 7.17. The lowest BCUT2D eigenvalue weighted by Gasteiger charge is -2.31. The lowest BCUT2D eigenvalue weighted by atomic mass is 10.1. The minimum atomic E-state index is -0.597. The molecule has 0 saturated heterocycles. The summed E-state index contributed by atoms with van der Waals surface area (Å²) in [5.74, 6) is -0.388. The Morgan fingerprint density at radius 3 is 2.50 bits per heavy atom. The van der Waals surface area contributed by atoms with E-state index < -0.39 is 6.04 Å². The van der Waals surface area contributed by atoms with Gasteiger partial charge in [-0.15, -0.1) is 0 Å². The van der Waals surface area contributed by atoms with E-state index in [2.05, 4.69) is 5.32 Å². The molecular weight excluding hydrogens is 450 g/mol. The van der Waals surface area contributed by atoms with E-state index in [-0.39, 0.29) is 30.7 Å². The lowest BCUT2D eigenvalue weighted by molar-refractivity contribution is -0.141. The molecule has 176 valence electrons. The number of benzene rings is 3. The zero-order valence-electron chi connectivity index (χ0n) is 19.4. The molecule has 4 rings (SSSR count). The van der Waals surface area contributed by atoms with E-state index in [0.29, 0.717) is 30.0 Å². The zero-order valence-corrected chi connectivity index (χ0v) is 20.1. The molecule has 3 aromatic rings. The maximum Gasteiger partial charge on any atom is 0.258 e. The fourth-order valence-corrected chi connectivity index (χ4v) is 4.82. The SMILES string of the molecule is CC[C@@H](C(=O)NC)N(Cc1ccccc1Cl)C(=O)CCCN1C(=O)c2cccc3cccc1c23. The maximum absolute atomic E-state index is 13.3. The predicted molar refractivity (Wildman–Crippen MR) is 135 cm³/mol. The molecule has 1 aliphatic rings. The Bertz CT molecular complexity index is 1240. The summed E-state index contributed by atoms with van der Waals surface area (Å²) in [7, 11) is 1.57. The fourth-order valence-electron chi connectivity index (χ4n) is 4.63. The Balaban J connectivity index is 1.49. The molecule has 0 aliphatic carbocycles. The number of rotatable bonds is 9. The summed E-state index contributed by atoms with van der Waals surface area (Å²) in [4.78, 5) is 42.2. The van der Waals surface area contributed by atoms with Crippen molar-refractivity contribution in [2.24, 2.45) is 0 Å². The van der Waals surface area contributed by atoms with Gasteiger partial charge in [-0.25, -0.2) is 0 Å². The molecule has 34 heavy (non-hydrogen) atoms. The first kappa shape index (κ1) is 23.8. The second-order valence-corrected chi connectivity index (χ2v) is 8.80. The monoisotopic (exact) mass is 477 g/mol. The summed E-state index contributed by atoms with van der Waals surface area (Å²) in [6, 6.07) is 18.4. The third-order valence-electron chi connectivity index (χ3n) is 6.35. The van der Waals surface area contributed by atoms with Crippen LogP contribution in [0.3, 0.4) is 0 Å². The molecule has 0 radical (unpaired) electrons. The van der Waals surface area contributed by atoms with Gasteiger partial charge in [-0.2, -0.15) is 0 Å². The number of hydrogen-bond donors (Lipinski definition) is 1. The Morgan fingerprint density at radius 1 is 1.06 bits per heavy atom. The van der Waals surface area contributed by atoms with Crippen LogP contribution < -0.4 is 10.2 Å². The molecule has 0 bridgehead atoms. The number of halogens is 1. The van der Waals surface area contributed by atoms with Crippen LogP contribution in [0.1, 0.15) is 42.1 Å². The number of carbonyl (C=O) groups excluding carboxylic acids is 3. The molecule has 1 heterocycles. The van der Waals surface area contributed by atoms with E-state index in [1.54, 1.807) is 22.9 Å². The van der Waals surface area contributed by atoms with Gasteiger partial charge in [0.05, 0.1) is 5.69 Å². The number of anilines is 1. The summed E-state index contributed by atoms with van der Waals surface area (Å²) >= 11 is 6.34. The average molecular weight is 478 g/mol. The standard InChI is InChI=1S/C27H28ClN3O3/c1-3-22(26(33)29-2)31(17-19-9-4-5-13-21(19)28)24(32)15-8-16-30-23-14-7-11-18-10-6-12-20(25(18)23)27(30)34/h4-7,9-14,22H,3,8,15-17H2,1-2H3,(H,29,33)/t22-/m0/s1. The highest BCUT2D eigenvalue weighted by Crippen LogP contribution is 2.37. The van der Waals surface area contributed by atoms with E-state index in [0.717, 1.165) is 22.0 Å². The third kappa shape index (κ3) is 4.50. The molecule has 6 nitrogen and oxygen atoms in total. The fraction of sp³-hybridized carbons (Fsp3) is 0.296. The van der Waals surface area contributed by atoms with Crippen LogP contribution >= 0.6 is 11.6 Å². The highest BCUT2D eigenvalue weighted by atomic mass is 35.5. The molecule has 0 spiro atoms. The lowest BCUT2D eigenvalue weighted by Crippen LogP contribution is -2.48. The number of nitrogens with zero attached hydrogens (tertiary/aromatic N) is 2. The third-order valence-corrected chi connectivity index (χ3v) is 6.72. The van der Waals surface area contributed by atoms with Gasteiger partial charge in [0, 0.05) is 42.5 Å². The van der Waals surface area contributed by atoms with Crippen LogP contribution in [0.2, 0.25) is 5.02 Å². The highest BCUT2D eigenvalue weighted by Gasteiger charge is 2.31. The van der Waals surface area contributed by atoms with Gasteiger partial charge in [0.25, 0.3) is 5.91 Å². The van der Waals surface area contributed by atoms with Crippen LogP contribution in [0.25, 0.3) is 10.8 Å². The zero-order chi connectivity index (χ0) is 24.2. The van der Waals surface area contributed by atoms with Crippen LogP contribution in [0, 0.1) is 0 Å². The highest BCUT2D eigenvalue weighted by molar-refractivity contribution is 6.31. The number of nitrogens with one attached hydrogen (secondary N) is 1. The second kappa shape index (κ2) is 10.3. The van der Waals surface area contributed by atoms with Crippen molar-refractivity contribution in [3.63, 3.8) is 0 Å². The van der Waals surface area contributed by atoms with Gasteiger partial charge in [-0.3, -0.25) is 14.4 Å². The quantitative estimate of drug-likeness (QED) is 0.482. The van der Waals surface area contributed by atoms with Gasteiger partial charge in [0.15, 0.2) is 0 Å². The Hall–Kier alpha value is -3.38. The van der Waals surface area contributed by atoms with Gasteiger partial charge in [0.2, 0.25) is 11.8 Å². The normalized spacial score (nSPS) is 13.3. The molecule has 0 unspecified atom stereocenters. The number of hydrogen-bond acceptors (Lipinski definition) is 3. The van der Waals surface area contributed by atoms with Crippen molar-refractivity contribution in [2.45, 2.75) is 38.8 Å². The topological polar surface area (TPSA) is 69.7 Å². The Labute approximate surface area is 204 Å². The molecular formula is C27H28ClN3O3. The van der Waals surface area contributed by atoms with Crippen molar-refractivity contribution in [1.29, 1.82) is 0 Å².